The van der Waals surface area contributed by atoms with E-state index in [0.717, 1.165) is 51.4 Å². The zero-order chi connectivity index (χ0) is 18.8. The van der Waals surface area contributed by atoms with Gasteiger partial charge in [0.2, 0.25) is 0 Å². The summed E-state index contributed by atoms with van der Waals surface area (Å²) in [5.41, 5.74) is 0. The van der Waals surface area contributed by atoms with Crippen LogP contribution in [0.25, 0.3) is 0 Å². The molecule has 0 aromatic rings. The zero-order valence-electron chi connectivity index (χ0n) is 15.5. The van der Waals surface area contributed by atoms with Crippen LogP contribution < -0.4 is 0 Å². The van der Waals surface area contributed by atoms with Crippen molar-refractivity contribution in [3.05, 3.63) is 0 Å². The summed E-state index contributed by atoms with van der Waals surface area (Å²) in [5, 5.41) is 47.8. The molecule has 0 amide bonds. The summed E-state index contributed by atoms with van der Waals surface area (Å²) in [6.45, 7) is 3.25. The molecule has 0 bridgehead atoms. The van der Waals surface area contributed by atoms with Gasteiger partial charge in [-0.3, -0.25) is 0 Å². The van der Waals surface area contributed by atoms with Gasteiger partial charge >= 0.3 is 0 Å². The van der Waals surface area contributed by atoms with Crippen LogP contribution in [0.1, 0.15) is 65.2 Å². The molecule has 0 spiro atoms. The van der Waals surface area contributed by atoms with Gasteiger partial charge in [0.25, 0.3) is 0 Å². The van der Waals surface area contributed by atoms with Crippen LogP contribution in [0.15, 0.2) is 0 Å². The molecule has 150 valence electrons. The Hall–Kier alpha value is -0.280. The highest BCUT2D eigenvalue weighted by Crippen LogP contribution is 2.24. The number of unbranched alkanes of at least 4 members (excludes halogenated alkanes) is 5. The quantitative estimate of drug-likeness (QED) is 0.323. The third-order valence-corrected chi connectivity index (χ3v) is 4.70. The highest BCUT2D eigenvalue weighted by Gasteiger charge is 2.44. The molecule has 7 nitrogen and oxygen atoms in total. The summed E-state index contributed by atoms with van der Waals surface area (Å²) in [6, 6.07) is 0. The van der Waals surface area contributed by atoms with Crippen molar-refractivity contribution in [2.24, 2.45) is 0 Å². The number of aliphatic hydroxyl groups is 5. The predicted molar refractivity (Wildman–Crippen MR) is 92.9 cm³/mol. The van der Waals surface area contributed by atoms with Crippen molar-refractivity contribution in [2.45, 2.75) is 108 Å². The fourth-order valence-electron chi connectivity index (χ4n) is 3.06. The Bertz CT molecular complexity index is 337. The summed E-state index contributed by atoms with van der Waals surface area (Å²) < 4.78 is 11.0. The second-order valence-corrected chi connectivity index (χ2v) is 7.19. The van der Waals surface area contributed by atoms with E-state index in [-0.39, 0.29) is 12.2 Å². The Morgan fingerprint density at radius 3 is 1.96 bits per heavy atom. The van der Waals surface area contributed by atoms with Gasteiger partial charge in [-0.25, -0.2) is 0 Å². The molecule has 7 heteroatoms. The van der Waals surface area contributed by atoms with Crippen molar-refractivity contribution in [1.82, 2.24) is 0 Å². The lowest BCUT2D eigenvalue weighted by molar-refractivity contribution is -0.310. The molecule has 0 saturated carbocycles. The SMILES string of the molecule is CC(O)CCCCCCCC[C@H](C)O[C@@H]1O[C@H](CO)[C@@H](O)[C@H](O)[C@H]1O. The van der Waals surface area contributed by atoms with Crippen LogP contribution in [0.3, 0.4) is 0 Å². The van der Waals surface area contributed by atoms with Gasteiger partial charge in [0.15, 0.2) is 6.29 Å². The van der Waals surface area contributed by atoms with Crippen LogP contribution in [0.5, 0.6) is 0 Å². The fraction of sp³-hybridized carbons (Fsp3) is 1.00. The third-order valence-electron chi connectivity index (χ3n) is 4.70. The maximum Gasteiger partial charge on any atom is 0.186 e. The van der Waals surface area contributed by atoms with Crippen molar-refractivity contribution < 1.29 is 35.0 Å². The minimum Gasteiger partial charge on any atom is -0.394 e. The first-order chi connectivity index (χ1) is 11.9. The van der Waals surface area contributed by atoms with E-state index < -0.39 is 37.3 Å². The first-order valence-electron chi connectivity index (χ1n) is 9.50. The molecular formula is C18H36O7. The maximum absolute atomic E-state index is 9.94. The average molecular weight is 364 g/mol. The molecule has 0 aromatic heterocycles. The van der Waals surface area contributed by atoms with E-state index in [1.807, 2.05) is 13.8 Å². The van der Waals surface area contributed by atoms with Crippen molar-refractivity contribution in [3.8, 4) is 0 Å². The van der Waals surface area contributed by atoms with Crippen LogP contribution in [0.2, 0.25) is 0 Å². The second-order valence-electron chi connectivity index (χ2n) is 7.19. The van der Waals surface area contributed by atoms with Crippen LogP contribution in [-0.4, -0.2) is 75.1 Å². The molecule has 0 radical (unpaired) electrons. The highest BCUT2D eigenvalue weighted by atomic mass is 16.7. The van der Waals surface area contributed by atoms with Crippen LogP contribution in [0, 0.1) is 0 Å². The molecule has 1 unspecified atom stereocenters. The minimum atomic E-state index is -1.40. The predicted octanol–water partition coefficient (Wildman–Crippen LogP) is 0.693. The lowest BCUT2D eigenvalue weighted by atomic mass is 9.99. The van der Waals surface area contributed by atoms with Gasteiger partial charge in [-0.2, -0.15) is 0 Å². The standard InChI is InChI=1S/C18H36O7/c1-12(20)9-7-5-3-4-6-8-10-13(2)24-18-17(23)16(22)15(21)14(11-19)25-18/h12-23H,3-11H2,1-2H3/t12?,13-,14+,15+,16-,17+,18+/m0/s1. The third kappa shape index (κ3) is 8.30. The Labute approximate surface area is 150 Å². The number of hydrogen-bond donors (Lipinski definition) is 5. The van der Waals surface area contributed by atoms with Gasteiger partial charge in [0.1, 0.15) is 24.4 Å². The lowest BCUT2D eigenvalue weighted by Gasteiger charge is -2.40. The monoisotopic (exact) mass is 364 g/mol. The van der Waals surface area contributed by atoms with E-state index >= 15 is 0 Å². The molecule has 5 N–H and O–H groups in total. The smallest absolute Gasteiger partial charge is 0.186 e. The van der Waals surface area contributed by atoms with Crippen molar-refractivity contribution in [1.29, 1.82) is 0 Å². The first-order valence-corrected chi connectivity index (χ1v) is 9.50. The summed E-state index contributed by atoms with van der Waals surface area (Å²) in [7, 11) is 0. The number of rotatable bonds is 12. The lowest BCUT2D eigenvalue weighted by Crippen LogP contribution is -2.59. The molecular weight excluding hydrogens is 328 g/mol. The van der Waals surface area contributed by atoms with Gasteiger partial charge < -0.3 is 35.0 Å². The van der Waals surface area contributed by atoms with Gasteiger partial charge in [0.05, 0.1) is 18.8 Å². The molecule has 1 aliphatic rings. The first kappa shape index (κ1) is 22.8. The topological polar surface area (TPSA) is 120 Å². The molecule has 7 atom stereocenters. The molecule has 1 aliphatic heterocycles. The molecule has 1 fully saturated rings. The van der Waals surface area contributed by atoms with E-state index in [1.165, 1.54) is 0 Å². The van der Waals surface area contributed by atoms with Crippen LogP contribution in [-0.2, 0) is 9.47 Å². The Balaban J connectivity index is 2.16. The van der Waals surface area contributed by atoms with Gasteiger partial charge in [-0.15, -0.1) is 0 Å². The van der Waals surface area contributed by atoms with E-state index in [4.69, 9.17) is 14.6 Å². The summed E-state index contributed by atoms with van der Waals surface area (Å²) in [4.78, 5) is 0. The number of aliphatic hydroxyl groups excluding tert-OH is 5. The van der Waals surface area contributed by atoms with Crippen molar-refractivity contribution in [3.63, 3.8) is 0 Å². The van der Waals surface area contributed by atoms with E-state index in [0.29, 0.717) is 0 Å². The Morgan fingerprint density at radius 1 is 0.840 bits per heavy atom. The Kier molecular flexibility index (Phi) is 11.1. The van der Waals surface area contributed by atoms with E-state index in [2.05, 4.69) is 0 Å². The summed E-state index contributed by atoms with van der Waals surface area (Å²) in [5.74, 6) is 0. The van der Waals surface area contributed by atoms with Crippen LogP contribution >= 0.6 is 0 Å². The van der Waals surface area contributed by atoms with Crippen molar-refractivity contribution in [2.75, 3.05) is 6.61 Å². The second kappa shape index (κ2) is 12.2. The molecule has 25 heavy (non-hydrogen) atoms. The number of hydrogen-bond acceptors (Lipinski definition) is 7. The summed E-state index contributed by atoms with van der Waals surface area (Å²) >= 11 is 0. The minimum absolute atomic E-state index is 0.156. The van der Waals surface area contributed by atoms with Crippen LogP contribution in [0.4, 0.5) is 0 Å². The molecule has 1 heterocycles. The van der Waals surface area contributed by atoms with Gasteiger partial charge in [-0.05, 0) is 26.7 Å². The summed E-state index contributed by atoms with van der Waals surface area (Å²) in [6.07, 6.45) is 1.83. The van der Waals surface area contributed by atoms with E-state index in [9.17, 15) is 20.4 Å². The molecule has 0 aromatic carbocycles. The zero-order valence-corrected chi connectivity index (χ0v) is 15.5. The molecule has 0 aliphatic carbocycles. The average Bonchev–Trinajstić information content (AvgIpc) is 2.57. The normalized spacial score (nSPS) is 32.5. The Morgan fingerprint density at radius 2 is 1.40 bits per heavy atom. The largest absolute Gasteiger partial charge is 0.394 e. The van der Waals surface area contributed by atoms with Crippen molar-refractivity contribution >= 4 is 0 Å². The van der Waals surface area contributed by atoms with Gasteiger partial charge in [0, 0.05) is 0 Å². The number of ether oxygens (including phenoxy) is 2. The fourth-order valence-corrected chi connectivity index (χ4v) is 3.06. The van der Waals surface area contributed by atoms with Gasteiger partial charge in [-0.1, -0.05) is 38.5 Å². The maximum atomic E-state index is 9.94. The highest BCUT2D eigenvalue weighted by molar-refractivity contribution is 4.89. The van der Waals surface area contributed by atoms with E-state index in [1.54, 1.807) is 0 Å². The molecule has 1 rings (SSSR count). The molecule has 1 saturated heterocycles.